The number of carboxylic acids is 1. The summed E-state index contributed by atoms with van der Waals surface area (Å²) in [6.45, 7) is 8.71. The van der Waals surface area contributed by atoms with E-state index in [0.29, 0.717) is 56.3 Å². The molecule has 0 spiro atoms. The fraction of sp³-hybridized carbons (Fsp3) is 0.469. The Morgan fingerprint density at radius 3 is 2.44 bits per heavy atom. The monoisotopic (exact) mass is 588 g/mol. The number of hydrogen-bond acceptors (Lipinski definition) is 9. The molecule has 2 fully saturated rings. The van der Waals surface area contributed by atoms with Gasteiger partial charge in [-0.05, 0) is 70.2 Å². The minimum absolute atomic E-state index is 0.0186. The van der Waals surface area contributed by atoms with Crippen LogP contribution in [0.1, 0.15) is 52.0 Å². The first-order valence-electron chi connectivity index (χ1n) is 15.0. The molecule has 11 nitrogen and oxygen atoms in total. The van der Waals surface area contributed by atoms with Gasteiger partial charge in [-0.15, -0.1) is 0 Å². The molecule has 2 aliphatic heterocycles. The number of hydrogen-bond donors (Lipinski definition) is 2. The molecule has 2 N–H and O–H groups in total. The highest BCUT2D eigenvalue weighted by atomic mass is 16.5. The van der Waals surface area contributed by atoms with Gasteiger partial charge in [0.15, 0.2) is 17.3 Å². The molecular formula is C32H40N6O5. The molecule has 3 aromatic rings. The molecule has 1 unspecified atom stereocenters. The molecule has 228 valence electrons. The number of carbonyl (C=O) groups excluding carboxylic acids is 1. The summed E-state index contributed by atoms with van der Waals surface area (Å²) < 4.78 is 12.0. The second kappa shape index (κ2) is 13.3. The highest BCUT2D eigenvalue weighted by molar-refractivity contribution is 5.91. The zero-order valence-corrected chi connectivity index (χ0v) is 25.0. The summed E-state index contributed by atoms with van der Waals surface area (Å²) in [7, 11) is 0. The number of nitrogens with zero attached hydrogens (tertiary/aromatic N) is 5. The van der Waals surface area contributed by atoms with E-state index in [1.54, 1.807) is 32.4 Å². The predicted octanol–water partition coefficient (Wildman–Crippen LogP) is 4.54. The van der Waals surface area contributed by atoms with E-state index < -0.39 is 11.4 Å². The molecule has 0 aliphatic carbocycles. The van der Waals surface area contributed by atoms with E-state index in [-0.39, 0.29) is 17.9 Å². The van der Waals surface area contributed by atoms with Gasteiger partial charge >= 0.3 is 5.97 Å². The topological polar surface area (TPSA) is 130 Å². The molecule has 1 aromatic carbocycles. The van der Waals surface area contributed by atoms with Crippen LogP contribution in [-0.2, 0) is 15.0 Å². The summed E-state index contributed by atoms with van der Waals surface area (Å²) in [4.78, 5) is 42.5. The lowest BCUT2D eigenvalue weighted by Gasteiger charge is -2.34. The van der Waals surface area contributed by atoms with Crippen LogP contribution in [0.15, 0.2) is 55.0 Å². The Labute approximate surface area is 252 Å². The van der Waals surface area contributed by atoms with Crippen molar-refractivity contribution >= 4 is 29.3 Å². The number of piperidine rings is 2. The van der Waals surface area contributed by atoms with Crippen molar-refractivity contribution in [1.82, 2.24) is 15.0 Å². The van der Waals surface area contributed by atoms with E-state index in [1.807, 2.05) is 43.3 Å². The van der Waals surface area contributed by atoms with Crippen LogP contribution in [0.25, 0.3) is 0 Å². The number of aromatic nitrogens is 3. The number of amides is 1. The zero-order valence-electron chi connectivity index (χ0n) is 25.0. The van der Waals surface area contributed by atoms with Crippen molar-refractivity contribution in [1.29, 1.82) is 0 Å². The van der Waals surface area contributed by atoms with Gasteiger partial charge in [0.05, 0.1) is 31.0 Å². The van der Waals surface area contributed by atoms with Gasteiger partial charge < -0.3 is 29.7 Å². The molecule has 0 radical (unpaired) electrons. The van der Waals surface area contributed by atoms with Crippen molar-refractivity contribution < 1.29 is 24.2 Å². The third kappa shape index (κ3) is 7.15. The summed E-state index contributed by atoms with van der Waals surface area (Å²) in [5, 5.41) is 12.4. The normalized spacial score (nSPS) is 17.8. The van der Waals surface area contributed by atoms with E-state index >= 15 is 0 Å². The molecule has 43 heavy (non-hydrogen) atoms. The number of nitrogens with one attached hydrogen (secondary N) is 1. The van der Waals surface area contributed by atoms with Gasteiger partial charge in [-0.2, -0.15) is 0 Å². The minimum atomic E-state index is -1.00. The first-order chi connectivity index (χ1) is 20.7. The predicted molar refractivity (Wildman–Crippen MR) is 164 cm³/mol. The summed E-state index contributed by atoms with van der Waals surface area (Å²) in [5.74, 6) is 2.31. The van der Waals surface area contributed by atoms with Crippen molar-refractivity contribution in [3.05, 3.63) is 60.6 Å². The van der Waals surface area contributed by atoms with Crippen LogP contribution in [0.3, 0.4) is 0 Å². The maximum Gasteiger partial charge on any atom is 0.313 e. The molecule has 4 heterocycles. The van der Waals surface area contributed by atoms with E-state index in [0.717, 1.165) is 36.7 Å². The first-order valence-corrected chi connectivity index (χ1v) is 15.0. The summed E-state index contributed by atoms with van der Waals surface area (Å²) in [6, 6.07) is 11.4. The van der Waals surface area contributed by atoms with Crippen molar-refractivity contribution in [3.63, 3.8) is 0 Å². The summed E-state index contributed by atoms with van der Waals surface area (Å²) in [5.41, 5.74) is -0.350. The number of rotatable bonds is 10. The third-order valence-electron chi connectivity index (χ3n) is 8.21. The lowest BCUT2D eigenvalue weighted by atomic mass is 9.86. The number of ether oxygens (including phenoxy) is 2. The Bertz CT molecular complexity index is 1410. The van der Waals surface area contributed by atoms with Gasteiger partial charge in [0.25, 0.3) is 0 Å². The van der Waals surface area contributed by atoms with Crippen molar-refractivity contribution in [2.24, 2.45) is 5.92 Å². The smallest absolute Gasteiger partial charge is 0.313 e. The second-order valence-electron chi connectivity index (χ2n) is 11.6. The van der Waals surface area contributed by atoms with Crippen molar-refractivity contribution in [2.45, 2.75) is 58.0 Å². The number of carbonyl (C=O) groups is 2. The molecule has 2 aromatic heterocycles. The number of pyridine rings is 1. The molecule has 2 aliphatic rings. The van der Waals surface area contributed by atoms with Crippen LogP contribution in [0, 0.1) is 5.92 Å². The van der Waals surface area contributed by atoms with Gasteiger partial charge in [-0.25, -0.2) is 9.97 Å². The van der Waals surface area contributed by atoms with E-state index in [4.69, 9.17) is 14.5 Å². The Kier molecular flexibility index (Phi) is 9.27. The average molecular weight is 589 g/mol. The molecular weight excluding hydrogens is 548 g/mol. The number of benzene rings is 1. The lowest BCUT2D eigenvalue weighted by Crippen LogP contribution is -2.42. The van der Waals surface area contributed by atoms with Gasteiger partial charge in [0.2, 0.25) is 5.91 Å². The van der Waals surface area contributed by atoms with Gasteiger partial charge in [-0.3, -0.25) is 14.6 Å². The Balaban J connectivity index is 1.14. The standard InChI is InChI=1S/C32H40N6O5/c1-4-42-25-9-5-6-10-26(25)43-24-8-7-15-38(21-24)29-20-33-19-27(35-29)36-30(39)22-13-16-37(17-14-22)28-12-11-23(18-34-28)32(2,3)31(40)41/h5-6,9-12,18-20,22,24H,4,7-8,13-17,21H2,1-3H3,(H,40,41)(H,35,36,39). The lowest BCUT2D eigenvalue weighted by molar-refractivity contribution is -0.142. The largest absolute Gasteiger partial charge is 0.490 e. The van der Waals surface area contributed by atoms with E-state index in [2.05, 4.69) is 25.1 Å². The van der Waals surface area contributed by atoms with Crippen LogP contribution in [-0.4, -0.2) is 70.8 Å². The summed E-state index contributed by atoms with van der Waals surface area (Å²) in [6.07, 6.45) is 8.15. The van der Waals surface area contributed by atoms with Gasteiger partial charge in [0.1, 0.15) is 17.7 Å². The zero-order chi connectivity index (χ0) is 30.4. The first kappa shape index (κ1) is 30.1. The summed E-state index contributed by atoms with van der Waals surface area (Å²) >= 11 is 0. The van der Waals surface area contributed by atoms with E-state index in [9.17, 15) is 14.7 Å². The highest BCUT2D eigenvalue weighted by Crippen LogP contribution is 2.30. The molecule has 1 atom stereocenters. The maximum absolute atomic E-state index is 13.1. The van der Waals surface area contributed by atoms with Crippen LogP contribution in [0.2, 0.25) is 0 Å². The Morgan fingerprint density at radius 2 is 1.74 bits per heavy atom. The quantitative estimate of drug-likeness (QED) is 0.348. The fourth-order valence-corrected chi connectivity index (χ4v) is 5.48. The third-order valence-corrected chi connectivity index (χ3v) is 8.21. The number of carboxylic acid groups (broad SMARTS) is 1. The minimum Gasteiger partial charge on any atom is -0.490 e. The van der Waals surface area contributed by atoms with Crippen LogP contribution in [0.5, 0.6) is 11.5 Å². The molecule has 2 saturated heterocycles. The van der Waals surface area contributed by atoms with E-state index in [1.165, 1.54) is 0 Å². The number of aliphatic carboxylic acids is 1. The fourth-order valence-electron chi connectivity index (χ4n) is 5.48. The van der Waals surface area contributed by atoms with Crippen LogP contribution >= 0.6 is 0 Å². The SMILES string of the molecule is CCOc1ccccc1OC1CCCN(c2cncc(NC(=O)C3CCN(c4ccc(C(C)(C)C(=O)O)cn4)CC3)n2)C1. The Hall–Kier alpha value is -4.41. The molecule has 1 amide bonds. The van der Waals surface area contributed by atoms with Gasteiger partial charge in [0, 0.05) is 31.7 Å². The maximum atomic E-state index is 13.1. The van der Waals surface area contributed by atoms with Crippen molar-refractivity contribution in [2.75, 3.05) is 47.9 Å². The molecule has 5 rings (SSSR count). The highest BCUT2D eigenvalue weighted by Gasteiger charge is 2.31. The van der Waals surface area contributed by atoms with Crippen molar-refractivity contribution in [3.8, 4) is 11.5 Å². The average Bonchev–Trinajstić information content (AvgIpc) is 3.02. The number of anilines is 3. The molecule has 0 saturated carbocycles. The Morgan fingerprint density at radius 1 is 0.977 bits per heavy atom. The van der Waals surface area contributed by atoms with Crippen LogP contribution in [0.4, 0.5) is 17.5 Å². The molecule has 11 heteroatoms. The molecule has 0 bridgehead atoms. The van der Waals surface area contributed by atoms with Gasteiger partial charge in [-0.1, -0.05) is 18.2 Å². The van der Waals surface area contributed by atoms with Crippen LogP contribution < -0.4 is 24.6 Å². The number of para-hydroxylation sites is 2. The second-order valence-corrected chi connectivity index (χ2v) is 11.6.